The second-order valence-corrected chi connectivity index (χ2v) is 4.74. The van der Waals surface area contributed by atoms with Crippen LogP contribution in [0.4, 0.5) is 0 Å². The first-order chi connectivity index (χ1) is 8.61. The van der Waals surface area contributed by atoms with E-state index in [0.717, 1.165) is 12.0 Å². The van der Waals surface area contributed by atoms with Gasteiger partial charge in [-0.05, 0) is 37.2 Å². The fourth-order valence-corrected chi connectivity index (χ4v) is 2.11. The van der Waals surface area contributed by atoms with E-state index in [1.54, 1.807) is 4.90 Å². The Morgan fingerprint density at radius 1 is 1.33 bits per heavy atom. The van der Waals surface area contributed by atoms with Crippen LogP contribution in [0.25, 0.3) is 6.08 Å². The minimum atomic E-state index is -0.0394. The van der Waals surface area contributed by atoms with Crippen molar-refractivity contribution in [1.29, 1.82) is 0 Å². The third-order valence-electron chi connectivity index (χ3n) is 2.80. The number of nitrogens with zero attached hydrogens (tertiary/aromatic N) is 1. The highest BCUT2D eigenvalue weighted by Crippen LogP contribution is 2.14. The Bertz CT molecular complexity index is 505. The molecule has 1 aliphatic rings. The molecule has 2 rings (SSSR count). The van der Waals surface area contributed by atoms with Crippen molar-refractivity contribution in [3.8, 4) is 0 Å². The number of thiocarbonyl (C=S) groups is 1. The molecule has 0 aromatic heterocycles. The number of aryl methyl sites for hydroxylation is 1. The predicted octanol–water partition coefficient (Wildman–Crippen LogP) is 2.46. The number of carbonyl (C=O) groups is 1. The second-order valence-electron chi connectivity index (χ2n) is 4.36. The van der Waals surface area contributed by atoms with E-state index in [-0.39, 0.29) is 5.91 Å². The Morgan fingerprint density at radius 2 is 2.00 bits per heavy atom. The van der Waals surface area contributed by atoms with E-state index in [1.165, 1.54) is 5.56 Å². The van der Waals surface area contributed by atoms with Crippen molar-refractivity contribution in [2.24, 2.45) is 0 Å². The van der Waals surface area contributed by atoms with E-state index < -0.39 is 0 Å². The number of hydrogen-bond acceptors (Lipinski definition) is 2. The van der Waals surface area contributed by atoms with Gasteiger partial charge in [0.2, 0.25) is 0 Å². The van der Waals surface area contributed by atoms with Crippen LogP contribution in [0.3, 0.4) is 0 Å². The predicted molar refractivity (Wildman–Crippen MR) is 76.9 cm³/mol. The number of nitrogens with one attached hydrogen (secondary N) is 1. The number of carbonyl (C=O) groups excluding carboxylic acids is 1. The van der Waals surface area contributed by atoms with E-state index in [4.69, 9.17) is 12.2 Å². The lowest BCUT2D eigenvalue weighted by atomic mass is 10.1. The minimum Gasteiger partial charge on any atom is -0.328 e. The SMILES string of the molecule is CCCN1C(=O)/C(=C\c2ccc(C)cc2)NC1=S. The highest BCUT2D eigenvalue weighted by molar-refractivity contribution is 7.80. The summed E-state index contributed by atoms with van der Waals surface area (Å²) in [4.78, 5) is 13.7. The number of benzene rings is 1. The van der Waals surface area contributed by atoms with Gasteiger partial charge in [-0.25, -0.2) is 0 Å². The number of rotatable bonds is 3. The molecular weight excluding hydrogens is 244 g/mol. The molecule has 94 valence electrons. The molecular formula is C14H16N2OS. The van der Waals surface area contributed by atoms with Gasteiger partial charge in [0.05, 0.1) is 0 Å². The normalized spacial score (nSPS) is 17.4. The lowest BCUT2D eigenvalue weighted by Crippen LogP contribution is -2.31. The zero-order valence-corrected chi connectivity index (χ0v) is 11.4. The molecule has 18 heavy (non-hydrogen) atoms. The molecule has 0 bridgehead atoms. The van der Waals surface area contributed by atoms with Crippen LogP contribution in [0.5, 0.6) is 0 Å². The third kappa shape index (κ3) is 2.59. The van der Waals surface area contributed by atoms with Gasteiger partial charge in [-0.3, -0.25) is 9.69 Å². The molecule has 0 radical (unpaired) electrons. The fraction of sp³-hybridized carbons (Fsp3) is 0.286. The minimum absolute atomic E-state index is 0.0394. The maximum atomic E-state index is 12.1. The summed E-state index contributed by atoms with van der Waals surface area (Å²) in [5.74, 6) is -0.0394. The topological polar surface area (TPSA) is 32.3 Å². The van der Waals surface area contributed by atoms with Crippen molar-refractivity contribution in [1.82, 2.24) is 10.2 Å². The first-order valence-corrected chi connectivity index (χ1v) is 6.44. The Hall–Kier alpha value is -1.68. The fourth-order valence-electron chi connectivity index (χ4n) is 1.83. The molecule has 0 saturated carbocycles. The summed E-state index contributed by atoms with van der Waals surface area (Å²) in [6.45, 7) is 4.72. The molecule has 1 aromatic carbocycles. The van der Waals surface area contributed by atoms with Gasteiger partial charge in [-0.1, -0.05) is 36.8 Å². The molecule has 1 heterocycles. The van der Waals surface area contributed by atoms with Crippen molar-refractivity contribution in [2.45, 2.75) is 20.3 Å². The first kappa shape index (κ1) is 12.8. The zero-order chi connectivity index (χ0) is 13.1. The van der Waals surface area contributed by atoms with Crippen LogP contribution in [0.1, 0.15) is 24.5 Å². The second kappa shape index (κ2) is 5.31. The summed E-state index contributed by atoms with van der Waals surface area (Å²) in [6, 6.07) is 8.02. The number of hydrogen-bond donors (Lipinski definition) is 1. The van der Waals surface area contributed by atoms with Gasteiger partial charge in [0.25, 0.3) is 5.91 Å². The molecule has 1 saturated heterocycles. The molecule has 0 spiro atoms. The Balaban J connectivity index is 2.22. The quantitative estimate of drug-likeness (QED) is 0.669. The lowest BCUT2D eigenvalue weighted by molar-refractivity contribution is -0.122. The first-order valence-electron chi connectivity index (χ1n) is 6.03. The molecule has 0 unspecified atom stereocenters. The van der Waals surface area contributed by atoms with Crippen molar-refractivity contribution in [3.05, 3.63) is 41.1 Å². The van der Waals surface area contributed by atoms with Crippen LogP contribution in [0.15, 0.2) is 30.0 Å². The standard InChI is InChI=1S/C14H16N2OS/c1-3-8-16-13(17)12(15-14(16)18)9-11-6-4-10(2)5-7-11/h4-7,9H,3,8H2,1-2H3,(H,15,18)/b12-9+. The van der Waals surface area contributed by atoms with E-state index >= 15 is 0 Å². The maximum absolute atomic E-state index is 12.1. The van der Waals surface area contributed by atoms with Gasteiger partial charge in [0, 0.05) is 6.54 Å². The molecule has 1 N–H and O–H groups in total. The van der Waals surface area contributed by atoms with Crippen LogP contribution < -0.4 is 5.32 Å². The third-order valence-corrected chi connectivity index (χ3v) is 3.12. The molecule has 1 aromatic rings. The van der Waals surface area contributed by atoms with Crippen LogP contribution in [0, 0.1) is 6.92 Å². The van der Waals surface area contributed by atoms with Crippen LogP contribution in [-0.4, -0.2) is 22.5 Å². The van der Waals surface area contributed by atoms with Gasteiger partial charge in [0.15, 0.2) is 5.11 Å². The van der Waals surface area contributed by atoms with Gasteiger partial charge in [-0.2, -0.15) is 0 Å². The lowest BCUT2D eigenvalue weighted by Gasteiger charge is -2.11. The molecule has 0 aliphatic carbocycles. The maximum Gasteiger partial charge on any atom is 0.276 e. The van der Waals surface area contributed by atoms with Gasteiger partial charge >= 0.3 is 0 Å². The van der Waals surface area contributed by atoms with E-state index in [1.807, 2.05) is 44.2 Å². The van der Waals surface area contributed by atoms with Crippen LogP contribution in [-0.2, 0) is 4.79 Å². The van der Waals surface area contributed by atoms with Gasteiger partial charge in [-0.15, -0.1) is 0 Å². The zero-order valence-electron chi connectivity index (χ0n) is 10.6. The summed E-state index contributed by atoms with van der Waals surface area (Å²) >= 11 is 5.15. The molecule has 0 atom stereocenters. The van der Waals surface area contributed by atoms with Crippen molar-refractivity contribution in [3.63, 3.8) is 0 Å². The van der Waals surface area contributed by atoms with E-state index in [0.29, 0.717) is 17.4 Å². The average molecular weight is 260 g/mol. The summed E-state index contributed by atoms with van der Waals surface area (Å²) in [5.41, 5.74) is 2.75. The largest absolute Gasteiger partial charge is 0.328 e. The van der Waals surface area contributed by atoms with Gasteiger partial charge < -0.3 is 5.32 Å². The molecule has 4 heteroatoms. The molecule has 3 nitrogen and oxygen atoms in total. The summed E-state index contributed by atoms with van der Waals surface area (Å²) < 4.78 is 0. The molecule has 1 fully saturated rings. The van der Waals surface area contributed by atoms with Crippen LogP contribution >= 0.6 is 12.2 Å². The van der Waals surface area contributed by atoms with E-state index in [9.17, 15) is 4.79 Å². The highest BCUT2D eigenvalue weighted by Gasteiger charge is 2.29. The average Bonchev–Trinajstić information content (AvgIpc) is 2.60. The van der Waals surface area contributed by atoms with Crippen molar-refractivity contribution < 1.29 is 4.79 Å². The highest BCUT2D eigenvalue weighted by atomic mass is 32.1. The summed E-state index contributed by atoms with van der Waals surface area (Å²) in [5, 5.41) is 3.47. The molecule has 1 aliphatic heterocycles. The monoisotopic (exact) mass is 260 g/mol. The Morgan fingerprint density at radius 3 is 2.61 bits per heavy atom. The van der Waals surface area contributed by atoms with Gasteiger partial charge in [0.1, 0.15) is 5.70 Å². The summed E-state index contributed by atoms with van der Waals surface area (Å²) in [6.07, 6.45) is 2.73. The molecule has 1 amide bonds. The van der Waals surface area contributed by atoms with E-state index in [2.05, 4.69) is 5.32 Å². The Labute approximate surface area is 112 Å². The van der Waals surface area contributed by atoms with Crippen molar-refractivity contribution in [2.75, 3.05) is 6.54 Å². The number of amides is 1. The smallest absolute Gasteiger partial charge is 0.276 e. The summed E-state index contributed by atoms with van der Waals surface area (Å²) in [7, 11) is 0. The Kier molecular flexibility index (Phi) is 3.77. The van der Waals surface area contributed by atoms with Crippen molar-refractivity contribution >= 4 is 29.3 Å². The van der Waals surface area contributed by atoms with Crippen LogP contribution in [0.2, 0.25) is 0 Å².